The van der Waals surface area contributed by atoms with Crippen molar-refractivity contribution < 1.29 is 27.8 Å². The van der Waals surface area contributed by atoms with Gasteiger partial charge in [-0.1, -0.05) is 32.0 Å². The molecule has 4 rings (SSSR count). The summed E-state index contributed by atoms with van der Waals surface area (Å²) >= 11 is 0. The quantitative estimate of drug-likeness (QED) is 0.446. The van der Waals surface area contributed by atoms with Crippen LogP contribution in [0.4, 0.5) is 13.2 Å². The van der Waals surface area contributed by atoms with Crippen LogP contribution in [0.2, 0.25) is 0 Å². The maximum atomic E-state index is 13.2. The van der Waals surface area contributed by atoms with E-state index in [1.807, 2.05) is 6.20 Å². The minimum Gasteiger partial charge on any atom is -0.471 e. The van der Waals surface area contributed by atoms with Crippen LogP contribution in [0.5, 0.6) is 5.88 Å². The van der Waals surface area contributed by atoms with Crippen molar-refractivity contribution in [3.05, 3.63) is 58.8 Å². The van der Waals surface area contributed by atoms with Gasteiger partial charge in [0, 0.05) is 37.7 Å². The summed E-state index contributed by atoms with van der Waals surface area (Å²) in [5.74, 6) is 0.737. The zero-order chi connectivity index (χ0) is 26.8. The zero-order valence-corrected chi connectivity index (χ0v) is 21.6. The molecule has 37 heavy (non-hydrogen) atoms. The van der Waals surface area contributed by atoms with E-state index in [-0.39, 0.29) is 30.5 Å². The Morgan fingerprint density at radius 2 is 1.97 bits per heavy atom. The normalized spacial score (nSPS) is 20.1. The number of alkyl halides is 3. The van der Waals surface area contributed by atoms with Crippen molar-refractivity contribution in [3.63, 3.8) is 0 Å². The van der Waals surface area contributed by atoms with Crippen molar-refractivity contribution >= 4 is 5.91 Å². The van der Waals surface area contributed by atoms with Gasteiger partial charge in [0.25, 0.3) is 0 Å². The Balaban J connectivity index is 1.50. The molecule has 3 atom stereocenters. The molecule has 1 aromatic heterocycles. The molecule has 1 fully saturated rings. The lowest BCUT2D eigenvalue weighted by Crippen LogP contribution is -2.52. The number of ether oxygens (including phenoxy) is 1. The van der Waals surface area contributed by atoms with Crippen molar-refractivity contribution in [1.82, 2.24) is 15.6 Å². The molecule has 0 unspecified atom stereocenters. The van der Waals surface area contributed by atoms with Gasteiger partial charge in [-0.2, -0.15) is 13.2 Å². The van der Waals surface area contributed by atoms with E-state index >= 15 is 0 Å². The molecule has 0 saturated heterocycles. The van der Waals surface area contributed by atoms with Gasteiger partial charge < -0.3 is 20.5 Å². The largest absolute Gasteiger partial charge is 0.471 e. The molecule has 1 spiro atoms. The molecule has 9 heteroatoms. The number of hydrogen-bond donors (Lipinski definition) is 3. The fraction of sp³-hybridized carbons (Fsp3) is 0.571. The van der Waals surface area contributed by atoms with E-state index in [1.165, 1.54) is 13.0 Å². The van der Waals surface area contributed by atoms with Crippen molar-refractivity contribution in [2.24, 2.45) is 5.92 Å². The number of amides is 1. The summed E-state index contributed by atoms with van der Waals surface area (Å²) in [7, 11) is 0. The van der Waals surface area contributed by atoms with Crippen LogP contribution >= 0.6 is 0 Å². The summed E-state index contributed by atoms with van der Waals surface area (Å²) in [5, 5.41) is 17.2. The average Bonchev–Trinajstić information content (AvgIpc) is 2.80. The minimum absolute atomic E-state index is 0.0702. The smallest absolute Gasteiger partial charge is 0.416 e. The maximum Gasteiger partial charge on any atom is 0.416 e. The second-order valence-corrected chi connectivity index (χ2v) is 10.9. The number of aliphatic hydroxyl groups excluding tert-OH is 1. The lowest BCUT2D eigenvalue weighted by molar-refractivity contribution is -0.137. The molecule has 1 aliphatic heterocycles. The molecule has 2 aliphatic rings. The van der Waals surface area contributed by atoms with E-state index in [0.29, 0.717) is 17.4 Å². The van der Waals surface area contributed by atoms with Gasteiger partial charge in [-0.3, -0.25) is 4.79 Å². The topological polar surface area (TPSA) is 83.5 Å². The number of carbonyl (C=O) groups is 1. The second kappa shape index (κ2) is 11.0. The highest BCUT2D eigenvalue weighted by Crippen LogP contribution is 2.48. The highest BCUT2D eigenvalue weighted by Gasteiger charge is 2.46. The number of aromatic nitrogens is 1. The number of aliphatic hydroxyl groups is 1. The van der Waals surface area contributed by atoms with Crippen LogP contribution in [0, 0.1) is 5.92 Å². The molecular weight excluding hydrogens is 483 g/mol. The summed E-state index contributed by atoms with van der Waals surface area (Å²) in [6.45, 7) is 5.78. The Bertz CT molecular complexity index is 1100. The first kappa shape index (κ1) is 27.4. The van der Waals surface area contributed by atoms with Crippen molar-refractivity contribution in [1.29, 1.82) is 0 Å². The summed E-state index contributed by atoms with van der Waals surface area (Å²) in [6, 6.07) is 6.25. The van der Waals surface area contributed by atoms with Gasteiger partial charge in [0.15, 0.2) is 0 Å². The van der Waals surface area contributed by atoms with Crippen molar-refractivity contribution in [2.75, 3.05) is 6.54 Å². The Hall–Kier alpha value is -2.65. The molecule has 6 nitrogen and oxygen atoms in total. The van der Waals surface area contributed by atoms with Crippen LogP contribution in [0.15, 0.2) is 36.5 Å². The predicted molar refractivity (Wildman–Crippen MR) is 134 cm³/mol. The molecule has 1 aliphatic carbocycles. The lowest BCUT2D eigenvalue weighted by atomic mass is 9.73. The molecular formula is C28H36F3N3O3. The number of nitrogens with zero attached hydrogens (tertiary/aromatic N) is 1. The Morgan fingerprint density at radius 1 is 1.22 bits per heavy atom. The van der Waals surface area contributed by atoms with E-state index in [9.17, 15) is 23.1 Å². The molecule has 1 amide bonds. The summed E-state index contributed by atoms with van der Waals surface area (Å²) < 4.78 is 45.8. The predicted octanol–water partition coefficient (Wildman–Crippen LogP) is 4.74. The van der Waals surface area contributed by atoms with Gasteiger partial charge >= 0.3 is 6.18 Å². The van der Waals surface area contributed by atoms with Crippen LogP contribution in [0.3, 0.4) is 0 Å². The number of fused-ring (bicyclic) bond motifs is 1. The first-order valence-corrected chi connectivity index (χ1v) is 13.0. The van der Waals surface area contributed by atoms with Gasteiger partial charge in [-0.15, -0.1) is 0 Å². The average molecular weight is 520 g/mol. The van der Waals surface area contributed by atoms with Crippen LogP contribution in [-0.2, 0) is 23.8 Å². The number of halogens is 3. The summed E-state index contributed by atoms with van der Waals surface area (Å²) in [4.78, 5) is 16.5. The van der Waals surface area contributed by atoms with Crippen LogP contribution < -0.4 is 15.4 Å². The molecule has 202 valence electrons. The number of benzene rings is 1. The van der Waals surface area contributed by atoms with Gasteiger partial charge in [-0.05, 0) is 61.3 Å². The molecule has 2 heterocycles. The number of nitrogens with one attached hydrogen (secondary N) is 2. The van der Waals surface area contributed by atoms with Crippen LogP contribution in [0.25, 0.3) is 0 Å². The van der Waals surface area contributed by atoms with Gasteiger partial charge in [-0.25, -0.2) is 4.98 Å². The number of carbonyl (C=O) groups excluding carboxylic acids is 1. The fourth-order valence-corrected chi connectivity index (χ4v) is 5.30. The first-order valence-electron chi connectivity index (χ1n) is 13.0. The zero-order valence-electron chi connectivity index (χ0n) is 21.6. The SMILES string of the molecule is CC(=O)N[C@@H](Cc1cccc(C(F)(F)F)c1)[C@H](O)CN[C@H]1CC2(CCC2)Oc2ncc(CC(C)C)cc21. The Labute approximate surface area is 216 Å². The minimum atomic E-state index is -4.46. The molecule has 1 aromatic carbocycles. The van der Waals surface area contributed by atoms with Gasteiger partial charge in [0.05, 0.1) is 17.7 Å². The lowest BCUT2D eigenvalue weighted by Gasteiger charge is -2.47. The number of rotatable bonds is 9. The van der Waals surface area contributed by atoms with E-state index in [1.54, 1.807) is 6.07 Å². The van der Waals surface area contributed by atoms with E-state index in [2.05, 4.69) is 35.5 Å². The third-order valence-corrected chi connectivity index (χ3v) is 7.25. The molecule has 0 bridgehead atoms. The standard InChI is InChI=1S/C28H36F3N3O3/c1-17(2)10-20-12-22-24(14-27(8-5-9-27)37-26(22)33-15-20)32-16-25(36)23(34-18(3)35)13-19-6-4-7-21(11-19)28(29,30)31/h4,6-7,11-12,15,17,23-25,32,36H,5,8-10,13-14,16H2,1-3H3,(H,34,35)/t23-,24-,25+/m0/s1. The maximum absolute atomic E-state index is 13.2. The fourth-order valence-electron chi connectivity index (χ4n) is 5.30. The van der Waals surface area contributed by atoms with Gasteiger partial charge in [0.1, 0.15) is 5.60 Å². The van der Waals surface area contributed by atoms with E-state index < -0.39 is 23.9 Å². The molecule has 0 radical (unpaired) electrons. The third kappa shape index (κ3) is 6.82. The summed E-state index contributed by atoms with van der Waals surface area (Å²) in [5.41, 5.74) is 1.46. The van der Waals surface area contributed by atoms with E-state index in [4.69, 9.17) is 4.74 Å². The highest BCUT2D eigenvalue weighted by molar-refractivity contribution is 5.73. The highest BCUT2D eigenvalue weighted by atomic mass is 19.4. The van der Waals surface area contributed by atoms with E-state index in [0.717, 1.165) is 55.4 Å². The Kier molecular flexibility index (Phi) is 8.14. The number of pyridine rings is 1. The first-order chi connectivity index (χ1) is 17.4. The van der Waals surface area contributed by atoms with Crippen molar-refractivity contribution in [2.45, 2.75) is 89.3 Å². The monoisotopic (exact) mass is 519 g/mol. The van der Waals surface area contributed by atoms with Crippen LogP contribution in [-0.4, -0.2) is 40.3 Å². The molecule has 1 saturated carbocycles. The van der Waals surface area contributed by atoms with Gasteiger partial charge in [0.2, 0.25) is 11.8 Å². The second-order valence-electron chi connectivity index (χ2n) is 10.9. The van der Waals surface area contributed by atoms with Crippen molar-refractivity contribution in [3.8, 4) is 5.88 Å². The molecule has 2 aromatic rings. The molecule has 3 N–H and O–H groups in total. The number of hydrogen-bond acceptors (Lipinski definition) is 5. The summed E-state index contributed by atoms with van der Waals surface area (Å²) in [6.07, 6.45) is 1.09. The third-order valence-electron chi connectivity index (χ3n) is 7.25. The van der Waals surface area contributed by atoms with Crippen LogP contribution in [0.1, 0.15) is 74.8 Å². The Morgan fingerprint density at radius 3 is 2.59 bits per heavy atom.